The number of benzene rings is 3. The largest absolute Gasteiger partial charge is 0.485 e. The summed E-state index contributed by atoms with van der Waals surface area (Å²) >= 11 is 0. The molecule has 35 heavy (non-hydrogen) atoms. The highest BCUT2D eigenvalue weighted by Gasteiger charge is 2.34. The number of ketones is 1. The Morgan fingerprint density at radius 1 is 1.06 bits per heavy atom. The van der Waals surface area contributed by atoms with Crippen molar-refractivity contribution in [3.63, 3.8) is 0 Å². The summed E-state index contributed by atoms with van der Waals surface area (Å²) < 4.78 is 24.3. The van der Waals surface area contributed by atoms with Crippen LogP contribution in [0, 0.1) is 5.82 Å². The number of hydrogen-bond donors (Lipinski definition) is 1. The average molecular weight is 477 g/mol. The predicted octanol–water partition coefficient (Wildman–Crippen LogP) is 4.08. The van der Waals surface area contributed by atoms with Gasteiger partial charge in [-0.15, -0.1) is 0 Å². The van der Waals surface area contributed by atoms with Gasteiger partial charge in [0, 0.05) is 11.6 Å². The molecule has 2 atom stereocenters. The lowest BCUT2D eigenvalue weighted by Crippen LogP contribution is -2.51. The van der Waals surface area contributed by atoms with Crippen LogP contribution < -0.4 is 19.7 Å². The minimum atomic E-state index is -0.842. The van der Waals surface area contributed by atoms with Crippen molar-refractivity contribution in [1.82, 2.24) is 5.32 Å². The fraction of sp³-hybridized carbons (Fsp3) is 0.222. The van der Waals surface area contributed by atoms with Crippen LogP contribution in [0.5, 0.6) is 11.5 Å². The van der Waals surface area contributed by atoms with Crippen LogP contribution in [0.4, 0.5) is 10.1 Å². The maximum atomic E-state index is 13.4. The molecule has 0 spiro atoms. The molecule has 8 heteroatoms. The molecule has 180 valence electrons. The molecule has 0 fully saturated rings. The number of hydrogen-bond acceptors (Lipinski definition) is 5. The highest BCUT2D eigenvalue weighted by Crippen LogP contribution is 2.34. The Labute approximate surface area is 202 Å². The van der Waals surface area contributed by atoms with Crippen LogP contribution >= 0.6 is 0 Å². The number of nitrogens with zero attached hydrogens (tertiary/aromatic N) is 1. The summed E-state index contributed by atoms with van der Waals surface area (Å²) in [6, 6.07) is 18.6. The van der Waals surface area contributed by atoms with Gasteiger partial charge in [-0.1, -0.05) is 36.4 Å². The van der Waals surface area contributed by atoms with Crippen molar-refractivity contribution in [3.8, 4) is 11.5 Å². The molecule has 0 aromatic heterocycles. The molecule has 1 aliphatic heterocycles. The summed E-state index contributed by atoms with van der Waals surface area (Å²) in [6.45, 7) is 2.96. The first kappa shape index (κ1) is 23.9. The van der Waals surface area contributed by atoms with Crippen molar-refractivity contribution in [2.24, 2.45) is 0 Å². The van der Waals surface area contributed by atoms with E-state index in [2.05, 4.69) is 5.32 Å². The van der Waals surface area contributed by atoms with Crippen LogP contribution in [0.2, 0.25) is 0 Å². The third-order valence-corrected chi connectivity index (χ3v) is 5.75. The summed E-state index contributed by atoms with van der Waals surface area (Å²) in [5, 5.41) is 2.93. The number of Topliss-reactive ketones (excluding diaryl/α,β-unsaturated/α-hetero) is 1. The van der Waals surface area contributed by atoms with Crippen LogP contribution in [-0.4, -0.2) is 36.9 Å². The van der Waals surface area contributed by atoms with Crippen molar-refractivity contribution in [2.75, 3.05) is 18.1 Å². The highest BCUT2D eigenvalue weighted by atomic mass is 19.1. The average Bonchev–Trinajstić information content (AvgIpc) is 2.87. The van der Waals surface area contributed by atoms with E-state index in [0.717, 1.165) is 5.56 Å². The maximum Gasteiger partial charge on any atom is 0.265 e. The van der Waals surface area contributed by atoms with Gasteiger partial charge in [0.1, 0.15) is 23.4 Å². The molecule has 1 heterocycles. The molecule has 7 nitrogen and oxygen atoms in total. The van der Waals surface area contributed by atoms with Gasteiger partial charge in [-0.2, -0.15) is 0 Å². The van der Waals surface area contributed by atoms with Crippen LogP contribution in [0.3, 0.4) is 0 Å². The molecule has 1 N–H and O–H groups in total. The summed E-state index contributed by atoms with van der Waals surface area (Å²) in [7, 11) is 0. The molecule has 0 radical (unpaired) electrons. The lowest BCUT2D eigenvalue weighted by molar-refractivity contribution is -0.127. The minimum absolute atomic E-state index is 0.213. The molecule has 4 rings (SSSR count). The number of rotatable bonds is 8. The van der Waals surface area contributed by atoms with E-state index in [1.165, 1.54) is 29.2 Å². The second-order valence-corrected chi connectivity index (χ2v) is 8.22. The van der Waals surface area contributed by atoms with Gasteiger partial charge in [0.05, 0.1) is 11.7 Å². The van der Waals surface area contributed by atoms with Crippen LogP contribution in [-0.2, 0) is 9.59 Å². The van der Waals surface area contributed by atoms with Gasteiger partial charge < -0.3 is 14.8 Å². The van der Waals surface area contributed by atoms with Gasteiger partial charge in [-0.3, -0.25) is 19.3 Å². The van der Waals surface area contributed by atoms with Gasteiger partial charge >= 0.3 is 0 Å². The normalized spacial score (nSPS) is 14.4. The highest BCUT2D eigenvalue weighted by molar-refractivity contribution is 6.06. The van der Waals surface area contributed by atoms with E-state index in [1.54, 1.807) is 25.1 Å². The second kappa shape index (κ2) is 10.4. The summed E-state index contributed by atoms with van der Waals surface area (Å²) in [5.74, 6) is -0.951. The van der Waals surface area contributed by atoms with Gasteiger partial charge in [0.2, 0.25) is 5.91 Å². The Hall–Kier alpha value is -4.20. The number of carbonyl (C=O) groups excluding carboxylic acids is 3. The molecule has 1 aliphatic rings. The maximum absolute atomic E-state index is 13.4. The molecule has 3 aromatic carbocycles. The first-order valence-electron chi connectivity index (χ1n) is 11.2. The zero-order valence-corrected chi connectivity index (χ0v) is 19.4. The van der Waals surface area contributed by atoms with Gasteiger partial charge in [-0.05, 0) is 49.7 Å². The Balaban J connectivity index is 1.51. The predicted molar refractivity (Wildman–Crippen MR) is 128 cm³/mol. The van der Waals surface area contributed by atoms with Crippen molar-refractivity contribution < 1.29 is 28.2 Å². The number of ether oxygens (including phenoxy) is 2. The van der Waals surface area contributed by atoms with E-state index in [1.807, 2.05) is 37.3 Å². The third kappa shape index (κ3) is 5.48. The van der Waals surface area contributed by atoms with Gasteiger partial charge in [0.15, 0.2) is 19.0 Å². The fourth-order valence-electron chi connectivity index (χ4n) is 3.83. The molecule has 0 unspecified atom stereocenters. The lowest BCUT2D eigenvalue weighted by atomic mass is 10.1. The first-order valence-corrected chi connectivity index (χ1v) is 11.2. The van der Waals surface area contributed by atoms with E-state index in [-0.39, 0.29) is 42.3 Å². The summed E-state index contributed by atoms with van der Waals surface area (Å²) in [5.41, 5.74) is 1.54. The number of anilines is 1. The number of fused-ring (bicyclic) bond motifs is 1. The zero-order chi connectivity index (χ0) is 24.9. The Morgan fingerprint density at radius 3 is 2.57 bits per heavy atom. The Kier molecular flexibility index (Phi) is 7.10. The molecule has 0 saturated heterocycles. The topological polar surface area (TPSA) is 84.9 Å². The summed E-state index contributed by atoms with van der Waals surface area (Å²) in [6.07, 6.45) is 0. The second-order valence-electron chi connectivity index (χ2n) is 8.22. The van der Waals surface area contributed by atoms with Crippen molar-refractivity contribution in [1.29, 1.82) is 0 Å². The number of nitrogens with one attached hydrogen (secondary N) is 1. The Bertz CT molecular complexity index is 1250. The smallest absolute Gasteiger partial charge is 0.265 e. The Morgan fingerprint density at radius 2 is 1.83 bits per heavy atom. The molecule has 2 amide bonds. The monoisotopic (exact) mass is 476 g/mol. The van der Waals surface area contributed by atoms with Crippen molar-refractivity contribution in [3.05, 3.63) is 89.7 Å². The quantitative estimate of drug-likeness (QED) is 0.496. The first-order chi connectivity index (χ1) is 16.8. The number of carbonyl (C=O) groups is 3. The van der Waals surface area contributed by atoms with Crippen molar-refractivity contribution in [2.45, 2.75) is 25.9 Å². The molecule has 0 aliphatic carbocycles. The van der Waals surface area contributed by atoms with Gasteiger partial charge in [-0.25, -0.2) is 4.39 Å². The van der Waals surface area contributed by atoms with Crippen LogP contribution in [0.15, 0.2) is 72.8 Å². The SMILES string of the molecule is C[C@H](C(=O)N[C@H](C)c1ccccc1)N1C(=O)COc2ccc(C(=O)COc3cccc(F)c3)cc21. The lowest BCUT2D eigenvalue weighted by Gasteiger charge is -2.34. The van der Waals surface area contributed by atoms with E-state index in [9.17, 15) is 18.8 Å². The standard InChI is InChI=1S/C27H25FN2O5/c1-17(19-7-4-3-5-8-19)29-27(33)18(2)30-23-13-20(11-12-25(23)35-16-26(30)32)24(31)15-34-22-10-6-9-21(28)14-22/h3-14,17-18H,15-16H2,1-2H3,(H,29,33)/t17-,18-/m1/s1. The van der Waals surface area contributed by atoms with Crippen molar-refractivity contribution >= 4 is 23.3 Å². The third-order valence-electron chi connectivity index (χ3n) is 5.75. The van der Waals surface area contributed by atoms with Gasteiger partial charge in [0.25, 0.3) is 5.91 Å². The van der Waals surface area contributed by atoms with E-state index >= 15 is 0 Å². The molecular weight excluding hydrogens is 451 g/mol. The molecule has 0 bridgehead atoms. The zero-order valence-electron chi connectivity index (χ0n) is 19.4. The fourth-order valence-corrected chi connectivity index (χ4v) is 3.83. The number of halogens is 1. The minimum Gasteiger partial charge on any atom is -0.485 e. The van der Waals surface area contributed by atoms with E-state index < -0.39 is 17.8 Å². The summed E-state index contributed by atoms with van der Waals surface area (Å²) in [4.78, 5) is 39.9. The van der Waals surface area contributed by atoms with E-state index in [0.29, 0.717) is 11.4 Å². The van der Waals surface area contributed by atoms with Crippen LogP contribution in [0.25, 0.3) is 0 Å². The van der Waals surface area contributed by atoms with Crippen LogP contribution in [0.1, 0.15) is 35.8 Å². The number of amides is 2. The molecule has 3 aromatic rings. The van der Waals surface area contributed by atoms with E-state index in [4.69, 9.17) is 9.47 Å². The molecule has 0 saturated carbocycles. The molecular formula is C27H25FN2O5.